The number of hydrogen-bond donors (Lipinski definition) is 3. The second kappa shape index (κ2) is 7.25. The van der Waals surface area contributed by atoms with Crippen molar-refractivity contribution in [2.24, 2.45) is 0 Å². The number of amides is 1. The Kier molecular flexibility index (Phi) is 6.15. The first-order chi connectivity index (χ1) is 10.0. The monoisotopic (exact) mass is 394 g/mol. The number of hydrogen-bond acceptors (Lipinski definition) is 6. The van der Waals surface area contributed by atoms with Crippen molar-refractivity contribution in [2.45, 2.75) is 31.3 Å². The Balaban J connectivity index is 2.54. The van der Waals surface area contributed by atoms with Crippen molar-refractivity contribution >= 4 is 37.9 Å². The number of nitrogen functional groups attached to an aromatic ring is 1. The molecule has 0 atom stereocenters. The zero-order valence-electron chi connectivity index (χ0n) is 12.5. The van der Waals surface area contributed by atoms with Gasteiger partial charge in [-0.3, -0.25) is 0 Å². The van der Waals surface area contributed by atoms with E-state index < -0.39 is 21.7 Å². The van der Waals surface area contributed by atoms with Crippen molar-refractivity contribution in [3.8, 4) is 0 Å². The van der Waals surface area contributed by atoms with Crippen LogP contribution >= 0.6 is 15.9 Å². The summed E-state index contributed by atoms with van der Waals surface area (Å²) >= 11 is 3.13. The Morgan fingerprint density at radius 2 is 2.05 bits per heavy atom. The number of ether oxygens (including phenoxy) is 1. The number of nitrogens with one attached hydrogen (secondary N) is 2. The van der Waals surface area contributed by atoms with Gasteiger partial charge in [0.2, 0.25) is 10.0 Å². The molecule has 1 rings (SSSR count). The second-order valence-corrected chi connectivity index (χ2v) is 8.01. The predicted octanol–water partition coefficient (Wildman–Crippen LogP) is 1.23. The van der Waals surface area contributed by atoms with E-state index in [0.29, 0.717) is 4.47 Å². The number of sulfonamides is 1. The van der Waals surface area contributed by atoms with Gasteiger partial charge in [0.1, 0.15) is 16.3 Å². The predicted molar refractivity (Wildman–Crippen MR) is 85.8 cm³/mol. The summed E-state index contributed by atoms with van der Waals surface area (Å²) in [4.78, 5) is 15.0. The van der Waals surface area contributed by atoms with E-state index in [-0.39, 0.29) is 23.8 Å². The largest absolute Gasteiger partial charge is 0.444 e. The first-order valence-corrected chi connectivity index (χ1v) is 8.66. The highest BCUT2D eigenvalue weighted by Crippen LogP contribution is 2.19. The summed E-state index contributed by atoms with van der Waals surface area (Å²) in [5, 5.41) is 2.45. The molecule has 0 bridgehead atoms. The van der Waals surface area contributed by atoms with Gasteiger partial charge in [-0.1, -0.05) is 0 Å². The van der Waals surface area contributed by atoms with Crippen LogP contribution < -0.4 is 15.8 Å². The maximum Gasteiger partial charge on any atom is 0.407 e. The zero-order chi connectivity index (χ0) is 17.0. The van der Waals surface area contributed by atoms with Crippen LogP contribution in [0.2, 0.25) is 0 Å². The molecule has 0 fully saturated rings. The molecule has 22 heavy (non-hydrogen) atoms. The lowest BCUT2D eigenvalue weighted by molar-refractivity contribution is 0.0529. The van der Waals surface area contributed by atoms with Crippen molar-refractivity contribution in [1.82, 2.24) is 15.0 Å². The van der Waals surface area contributed by atoms with Gasteiger partial charge in [0, 0.05) is 23.8 Å². The molecule has 0 spiro atoms. The van der Waals surface area contributed by atoms with Crippen molar-refractivity contribution < 1.29 is 17.9 Å². The summed E-state index contributed by atoms with van der Waals surface area (Å²) in [6.45, 7) is 5.28. The molecule has 0 radical (unpaired) electrons. The van der Waals surface area contributed by atoms with Crippen molar-refractivity contribution in [3.05, 3.63) is 16.7 Å². The summed E-state index contributed by atoms with van der Waals surface area (Å²) < 4.78 is 32.0. The minimum absolute atomic E-state index is 0.00642. The lowest BCUT2D eigenvalue weighted by atomic mass is 10.2. The van der Waals surface area contributed by atoms with Crippen LogP contribution in [0, 0.1) is 0 Å². The number of halogens is 1. The Labute approximate surface area is 138 Å². The number of alkyl carbamates (subject to hydrolysis) is 1. The van der Waals surface area contributed by atoms with Gasteiger partial charge in [0.15, 0.2) is 0 Å². The molecule has 0 aliphatic heterocycles. The summed E-state index contributed by atoms with van der Waals surface area (Å²) in [5.74, 6) is -0.101. The molecule has 0 unspecified atom stereocenters. The second-order valence-electron chi connectivity index (χ2n) is 5.36. The number of carbonyl (C=O) groups excluding carboxylic acids is 1. The van der Waals surface area contributed by atoms with E-state index in [2.05, 4.69) is 31.0 Å². The van der Waals surface area contributed by atoms with Crippen molar-refractivity contribution in [2.75, 3.05) is 18.8 Å². The summed E-state index contributed by atoms with van der Waals surface area (Å²) in [7, 11) is -3.81. The topological polar surface area (TPSA) is 123 Å². The molecule has 0 saturated heterocycles. The van der Waals surface area contributed by atoms with Crippen LogP contribution in [0.15, 0.2) is 21.6 Å². The molecular formula is C12H19BrN4O4S. The summed E-state index contributed by atoms with van der Waals surface area (Å²) in [5.41, 5.74) is 4.95. The highest BCUT2D eigenvalue weighted by atomic mass is 79.9. The highest BCUT2D eigenvalue weighted by molar-refractivity contribution is 9.10. The fraction of sp³-hybridized carbons (Fsp3) is 0.500. The molecule has 0 aromatic carbocycles. The van der Waals surface area contributed by atoms with E-state index in [1.807, 2.05) is 0 Å². The van der Waals surface area contributed by atoms with Gasteiger partial charge >= 0.3 is 6.09 Å². The van der Waals surface area contributed by atoms with E-state index in [1.54, 1.807) is 20.8 Å². The van der Waals surface area contributed by atoms with E-state index in [0.717, 1.165) is 0 Å². The third kappa shape index (κ3) is 6.16. The van der Waals surface area contributed by atoms with Crippen LogP contribution in [0.25, 0.3) is 0 Å². The van der Waals surface area contributed by atoms with Gasteiger partial charge < -0.3 is 15.8 Å². The van der Waals surface area contributed by atoms with Crippen LogP contribution in [0.1, 0.15) is 20.8 Å². The Morgan fingerprint density at radius 1 is 1.41 bits per heavy atom. The fourth-order valence-electron chi connectivity index (χ4n) is 1.39. The maximum atomic E-state index is 12.1. The Morgan fingerprint density at radius 3 is 2.64 bits per heavy atom. The van der Waals surface area contributed by atoms with Crippen LogP contribution in [0.3, 0.4) is 0 Å². The summed E-state index contributed by atoms with van der Waals surface area (Å²) in [6.07, 6.45) is 0.786. The number of carbonyl (C=O) groups is 1. The molecular weight excluding hydrogens is 376 g/mol. The number of rotatable bonds is 5. The van der Waals surface area contributed by atoms with E-state index in [9.17, 15) is 13.2 Å². The standard InChI is InChI=1S/C12H19BrN4O4S/c1-12(2,3)21-11(18)15-4-5-17-22(19,20)9-6-8(13)7-16-10(9)14/h6-7,17H,4-5H2,1-3H3,(H2,14,16)(H,15,18). The first kappa shape index (κ1) is 18.7. The molecule has 124 valence electrons. The molecule has 0 aliphatic carbocycles. The average molecular weight is 395 g/mol. The van der Waals surface area contributed by atoms with Crippen LogP contribution in [0.5, 0.6) is 0 Å². The van der Waals surface area contributed by atoms with Crippen LogP contribution in [-0.4, -0.2) is 38.2 Å². The number of pyridine rings is 1. The average Bonchev–Trinajstić information content (AvgIpc) is 2.35. The lowest BCUT2D eigenvalue weighted by Gasteiger charge is -2.19. The van der Waals surface area contributed by atoms with E-state index >= 15 is 0 Å². The van der Waals surface area contributed by atoms with Gasteiger partial charge in [0.05, 0.1) is 0 Å². The number of nitrogens with two attached hydrogens (primary N) is 1. The molecule has 8 nitrogen and oxygen atoms in total. The zero-order valence-corrected chi connectivity index (χ0v) is 14.9. The minimum atomic E-state index is -3.81. The number of anilines is 1. The van der Waals surface area contributed by atoms with Gasteiger partial charge in [-0.2, -0.15) is 0 Å². The Bertz CT molecular complexity index is 643. The van der Waals surface area contributed by atoms with Crippen molar-refractivity contribution in [3.63, 3.8) is 0 Å². The van der Waals surface area contributed by atoms with Gasteiger partial charge in [0.25, 0.3) is 0 Å². The normalized spacial score (nSPS) is 12.0. The molecule has 4 N–H and O–H groups in total. The molecule has 1 amide bonds. The minimum Gasteiger partial charge on any atom is -0.444 e. The summed E-state index contributed by atoms with van der Waals surface area (Å²) in [6, 6.07) is 1.35. The van der Waals surface area contributed by atoms with Gasteiger partial charge in [-0.15, -0.1) is 0 Å². The molecule has 1 aromatic heterocycles. The molecule has 0 saturated carbocycles. The van der Waals surface area contributed by atoms with Gasteiger partial charge in [-0.05, 0) is 42.8 Å². The SMILES string of the molecule is CC(C)(C)OC(=O)NCCNS(=O)(=O)c1cc(Br)cnc1N. The van der Waals surface area contributed by atoms with Gasteiger partial charge in [-0.25, -0.2) is 22.9 Å². The van der Waals surface area contributed by atoms with Crippen molar-refractivity contribution in [1.29, 1.82) is 0 Å². The molecule has 1 heterocycles. The number of aromatic nitrogens is 1. The smallest absolute Gasteiger partial charge is 0.407 e. The molecule has 10 heteroatoms. The van der Waals surface area contributed by atoms with E-state index in [1.165, 1.54) is 12.3 Å². The third-order valence-corrected chi connectivity index (χ3v) is 4.15. The Hall–Kier alpha value is -1.39. The third-order valence-electron chi connectivity index (χ3n) is 2.22. The number of nitrogens with zero attached hydrogens (tertiary/aromatic N) is 1. The highest BCUT2D eigenvalue weighted by Gasteiger charge is 2.19. The molecule has 0 aliphatic rings. The lowest BCUT2D eigenvalue weighted by Crippen LogP contribution is -2.38. The quantitative estimate of drug-likeness (QED) is 0.645. The first-order valence-electron chi connectivity index (χ1n) is 6.39. The molecule has 1 aromatic rings. The van der Waals surface area contributed by atoms with Crippen LogP contribution in [-0.2, 0) is 14.8 Å². The fourth-order valence-corrected chi connectivity index (χ4v) is 3.01. The van der Waals surface area contributed by atoms with Crippen LogP contribution in [0.4, 0.5) is 10.6 Å². The maximum absolute atomic E-state index is 12.1. The van der Waals surface area contributed by atoms with E-state index in [4.69, 9.17) is 10.5 Å².